The SMILES string of the molecule is O=S(NCc1c[nH]c2ncccc12)c1ccc(F)cc1F. The first kappa shape index (κ1) is 13.8. The number of hydrogen-bond acceptors (Lipinski definition) is 2. The number of H-pyrrole nitrogens is 1. The molecule has 0 spiro atoms. The van der Waals surface area contributed by atoms with Crippen LogP contribution in [0.15, 0.2) is 47.6 Å². The Kier molecular flexibility index (Phi) is 3.76. The largest absolute Gasteiger partial charge is 0.346 e. The Hall–Kier alpha value is -2.12. The Morgan fingerprint density at radius 2 is 2.14 bits per heavy atom. The molecule has 2 N–H and O–H groups in total. The van der Waals surface area contributed by atoms with Gasteiger partial charge in [0.1, 0.15) is 28.3 Å². The average Bonchev–Trinajstić information content (AvgIpc) is 2.88. The highest BCUT2D eigenvalue weighted by Gasteiger charge is 2.12. The maximum absolute atomic E-state index is 13.5. The van der Waals surface area contributed by atoms with Crippen LogP contribution in [0.4, 0.5) is 8.78 Å². The molecule has 3 aromatic rings. The number of halogens is 2. The van der Waals surface area contributed by atoms with Crippen LogP contribution >= 0.6 is 0 Å². The second-order valence-corrected chi connectivity index (χ2v) is 5.64. The summed E-state index contributed by atoms with van der Waals surface area (Å²) in [5.74, 6) is -1.53. The van der Waals surface area contributed by atoms with E-state index in [1.54, 1.807) is 18.5 Å². The third-order valence-corrected chi connectivity index (χ3v) is 4.16. The maximum atomic E-state index is 13.5. The van der Waals surface area contributed by atoms with Crippen molar-refractivity contribution in [2.45, 2.75) is 11.4 Å². The number of benzene rings is 1. The summed E-state index contributed by atoms with van der Waals surface area (Å²) < 4.78 is 41.1. The molecular weight excluding hydrogens is 296 g/mol. The van der Waals surface area contributed by atoms with Crippen LogP contribution in [0.3, 0.4) is 0 Å². The summed E-state index contributed by atoms with van der Waals surface area (Å²) >= 11 is 0. The van der Waals surface area contributed by atoms with Gasteiger partial charge in [-0.15, -0.1) is 0 Å². The van der Waals surface area contributed by atoms with E-state index in [1.165, 1.54) is 6.07 Å². The molecule has 108 valence electrons. The Labute approximate surface area is 121 Å². The van der Waals surface area contributed by atoms with Crippen LogP contribution in [-0.2, 0) is 17.5 Å². The fourth-order valence-corrected chi connectivity index (χ4v) is 2.88. The Balaban J connectivity index is 1.77. The van der Waals surface area contributed by atoms with Gasteiger partial charge in [-0.1, -0.05) is 0 Å². The first-order valence-corrected chi connectivity index (χ1v) is 7.31. The molecule has 2 heterocycles. The van der Waals surface area contributed by atoms with Gasteiger partial charge in [0.15, 0.2) is 0 Å². The minimum Gasteiger partial charge on any atom is -0.346 e. The topological polar surface area (TPSA) is 57.8 Å². The smallest absolute Gasteiger partial charge is 0.143 e. The second kappa shape index (κ2) is 5.71. The first-order valence-electron chi connectivity index (χ1n) is 6.16. The van der Waals surface area contributed by atoms with Crippen LogP contribution in [-0.4, -0.2) is 14.2 Å². The van der Waals surface area contributed by atoms with Crippen molar-refractivity contribution < 1.29 is 13.0 Å². The first-order chi connectivity index (χ1) is 10.1. The monoisotopic (exact) mass is 307 g/mol. The lowest BCUT2D eigenvalue weighted by Crippen LogP contribution is -2.17. The molecule has 0 aliphatic heterocycles. The number of pyridine rings is 1. The van der Waals surface area contributed by atoms with Crippen LogP contribution in [0.1, 0.15) is 5.56 Å². The van der Waals surface area contributed by atoms with Crippen LogP contribution in [0.5, 0.6) is 0 Å². The number of hydrogen-bond donors (Lipinski definition) is 2. The number of nitrogens with zero attached hydrogens (tertiary/aromatic N) is 1. The zero-order valence-corrected chi connectivity index (χ0v) is 11.6. The predicted octanol–water partition coefficient (Wildman–Crippen LogP) is 2.65. The highest BCUT2D eigenvalue weighted by molar-refractivity contribution is 7.83. The van der Waals surface area contributed by atoms with Crippen molar-refractivity contribution in [2.24, 2.45) is 0 Å². The molecule has 1 unspecified atom stereocenters. The number of aromatic nitrogens is 2. The van der Waals surface area contributed by atoms with Crippen molar-refractivity contribution in [1.82, 2.24) is 14.7 Å². The van der Waals surface area contributed by atoms with Gasteiger partial charge in [-0.3, -0.25) is 0 Å². The Bertz CT molecular complexity index is 819. The Morgan fingerprint density at radius 1 is 1.29 bits per heavy atom. The van der Waals surface area contributed by atoms with Crippen LogP contribution < -0.4 is 4.72 Å². The van der Waals surface area contributed by atoms with Crippen LogP contribution in [0.2, 0.25) is 0 Å². The summed E-state index contributed by atoms with van der Waals surface area (Å²) in [5, 5.41) is 0.904. The zero-order chi connectivity index (χ0) is 14.8. The molecule has 0 fully saturated rings. The van der Waals surface area contributed by atoms with Gasteiger partial charge in [0.2, 0.25) is 0 Å². The predicted molar refractivity (Wildman–Crippen MR) is 75.7 cm³/mol. The van der Waals surface area contributed by atoms with Gasteiger partial charge < -0.3 is 4.98 Å². The standard InChI is InChI=1S/C14H11F2N3OS/c15-10-3-4-13(12(16)6-10)21(20)19-8-9-7-18-14-11(9)2-1-5-17-14/h1-7,19H,8H2,(H,17,18). The zero-order valence-electron chi connectivity index (χ0n) is 10.8. The van der Waals surface area contributed by atoms with E-state index in [0.29, 0.717) is 6.07 Å². The minimum atomic E-state index is -1.76. The molecule has 3 rings (SSSR count). The number of aromatic amines is 1. The van der Waals surface area contributed by atoms with Crippen molar-refractivity contribution in [1.29, 1.82) is 0 Å². The average molecular weight is 307 g/mol. The molecule has 0 bridgehead atoms. The van der Waals surface area contributed by atoms with E-state index in [2.05, 4.69) is 14.7 Å². The fourth-order valence-electron chi connectivity index (χ4n) is 2.01. The molecule has 0 radical (unpaired) electrons. The highest BCUT2D eigenvalue weighted by atomic mass is 32.2. The molecule has 2 aromatic heterocycles. The molecule has 1 aromatic carbocycles. The molecule has 1 atom stereocenters. The Morgan fingerprint density at radius 3 is 2.95 bits per heavy atom. The van der Waals surface area contributed by atoms with Crippen LogP contribution in [0, 0.1) is 11.6 Å². The molecule has 21 heavy (non-hydrogen) atoms. The second-order valence-electron chi connectivity index (χ2n) is 4.38. The minimum absolute atomic E-state index is 0.0747. The molecule has 0 amide bonds. The lowest BCUT2D eigenvalue weighted by Gasteiger charge is -2.05. The van der Waals surface area contributed by atoms with Gasteiger partial charge in [0, 0.05) is 30.4 Å². The quantitative estimate of drug-likeness (QED) is 0.778. The fraction of sp³-hybridized carbons (Fsp3) is 0.0714. The van der Waals surface area contributed by atoms with Crippen molar-refractivity contribution in [2.75, 3.05) is 0 Å². The van der Waals surface area contributed by atoms with Crippen molar-refractivity contribution in [3.63, 3.8) is 0 Å². The van der Waals surface area contributed by atoms with Crippen molar-refractivity contribution in [3.05, 3.63) is 59.9 Å². The third kappa shape index (κ3) is 2.84. The third-order valence-electron chi connectivity index (χ3n) is 3.02. The molecule has 0 aliphatic carbocycles. The van der Waals surface area contributed by atoms with E-state index in [4.69, 9.17) is 0 Å². The summed E-state index contributed by atoms with van der Waals surface area (Å²) in [6.07, 6.45) is 3.42. The van der Waals surface area contributed by atoms with Crippen molar-refractivity contribution in [3.8, 4) is 0 Å². The summed E-state index contributed by atoms with van der Waals surface area (Å²) in [6, 6.07) is 6.65. The molecular formula is C14H11F2N3OS. The normalized spacial score (nSPS) is 12.7. The van der Waals surface area contributed by atoms with Gasteiger partial charge >= 0.3 is 0 Å². The van der Waals surface area contributed by atoms with Crippen molar-refractivity contribution >= 4 is 22.0 Å². The molecule has 0 aliphatic rings. The van der Waals surface area contributed by atoms with Gasteiger partial charge in [-0.2, -0.15) is 0 Å². The molecule has 0 saturated heterocycles. The molecule has 0 saturated carbocycles. The lowest BCUT2D eigenvalue weighted by molar-refractivity contribution is 0.561. The number of fused-ring (bicyclic) bond motifs is 1. The summed E-state index contributed by atoms with van der Waals surface area (Å²) in [4.78, 5) is 7.07. The van der Waals surface area contributed by atoms with Gasteiger partial charge in [-0.05, 0) is 29.8 Å². The summed E-state index contributed by atoms with van der Waals surface area (Å²) in [6.45, 7) is 0.273. The van der Waals surface area contributed by atoms with E-state index in [9.17, 15) is 13.0 Å². The van der Waals surface area contributed by atoms with E-state index in [0.717, 1.165) is 22.7 Å². The summed E-state index contributed by atoms with van der Waals surface area (Å²) in [5.41, 5.74) is 1.60. The van der Waals surface area contributed by atoms with Gasteiger partial charge in [0.25, 0.3) is 0 Å². The van der Waals surface area contributed by atoms with Gasteiger partial charge in [0.05, 0.1) is 4.90 Å². The van der Waals surface area contributed by atoms with E-state index in [-0.39, 0.29) is 11.4 Å². The number of nitrogens with one attached hydrogen (secondary N) is 2. The van der Waals surface area contributed by atoms with Gasteiger partial charge in [-0.25, -0.2) is 22.7 Å². The highest BCUT2D eigenvalue weighted by Crippen LogP contribution is 2.17. The summed E-state index contributed by atoms with van der Waals surface area (Å²) in [7, 11) is -1.76. The van der Waals surface area contributed by atoms with Crippen LogP contribution in [0.25, 0.3) is 11.0 Å². The lowest BCUT2D eigenvalue weighted by atomic mass is 10.2. The van der Waals surface area contributed by atoms with E-state index < -0.39 is 22.6 Å². The van der Waals surface area contributed by atoms with E-state index >= 15 is 0 Å². The van der Waals surface area contributed by atoms with E-state index in [1.807, 2.05) is 6.07 Å². The maximum Gasteiger partial charge on any atom is 0.143 e. The molecule has 4 nitrogen and oxygen atoms in total. The molecule has 7 heteroatoms. The number of rotatable bonds is 4.